The van der Waals surface area contributed by atoms with Crippen molar-refractivity contribution in [3.05, 3.63) is 82.2 Å². The summed E-state index contributed by atoms with van der Waals surface area (Å²) in [5.41, 5.74) is 9.64. The Morgan fingerprint density at radius 2 is 1.97 bits per heavy atom. The highest BCUT2D eigenvalue weighted by Crippen LogP contribution is 2.23. The van der Waals surface area contributed by atoms with Gasteiger partial charge >= 0.3 is 0 Å². The van der Waals surface area contributed by atoms with E-state index in [1.807, 2.05) is 18.2 Å². The fourth-order valence-corrected chi connectivity index (χ4v) is 3.52. The van der Waals surface area contributed by atoms with Crippen molar-refractivity contribution in [1.82, 2.24) is 30.9 Å². The number of aryl methyl sites for hydroxylation is 1. The summed E-state index contributed by atoms with van der Waals surface area (Å²) in [6, 6.07) is 7.57. The predicted molar refractivity (Wildman–Crippen MR) is 115 cm³/mol. The summed E-state index contributed by atoms with van der Waals surface area (Å²) < 4.78 is 0. The molecule has 0 bridgehead atoms. The van der Waals surface area contributed by atoms with E-state index in [0.717, 1.165) is 36.5 Å². The van der Waals surface area contributed by atoms with E-state index >= 15 is 0 Å². The molecule has 0 spiro atoms. The normalized spacial score (nSPS) is 14.8. The van der Waals surface area contributed by atoms with Gasteiger partial charge in [-0.05, 0) is 73.8 Å². The van der Waals surface area contributed by atoms with Crippen LogP contribution in [0.1, 0.15) is 33.8 Å². The van der Waals surface area contributed by atoms with E-state index in [0.29, 0.717) is 17.0 Å². The Kier molecular flexibility index (Phi) is 5.76. The first kappa shape index (κ1) is 19.7. The smallest absolute Gasteiger partial charge is 0.273 e. The first-order valence-corrected chi connectivity index (χ1v) is 9.79. The SMILES string of the molecule is Cc1[nH]c(C=C2C(=O)NN=C2c2cccnn2)c(C)c1CCNCc1ccncc1. The number of rotatable bonds is 7. The average molecular weight is 401 g/mol. The van der Waals surface area contributed by atoms with E-state index in [9.17, 15) is 4.79 Å². The fraction of sp³-hybridized carbons (Fsp3) is 0.227. The molecule has 0 atom stereocenters. The predicted octanol–water partition coefficient (Wildman–Crippen LogP) is 2.07. The Labute approximate surface area is 174 Å². The lowest BCUT2D eigenvalue weighted by Gasteiger charge is -2.06. The van der Waals surface area contributed by atoms with Crippen molar-refractivity contribution in [2.24, 2.45) is 5.10 Å². The summed E-state index contributed by atoms with van der Waals surface area (Å²) >= 11 is 0. The summed E-state index contributed by atoms with van der Waals surface area (Å²) in [6.07, 6.45) is 7.92. The van der Waals surface area contributed by atoms with Crippen LogP contribution in [-0.2, 0) is 17.8 Å². The van der Waals surface area contributed by atoms with Crippen molar-refractivity contribution in [1.29, 1.82) is 0 Å². The van der Waals surface area contributed by atoms with Crippen LogP contribution in [0.25, 0.3) is 6.08 Å². The highest BCUT2D eigenvalue weighted by atomic mass is 16.2. The van der Waals surface area contributed by atoms with Gasteiger partial charge in [0.25, 0.3) is 5.91 Å². The molecular formula is C22H23N7O. The van der Waals surface area contributed by atoms with Crippen LogP contribution in [0.3, 0.4) is 0 Å². The standard InChI is InChI=1S/C22H23N7O/c1-14-17(7-11-24-13-16-5-9-23-10-6-16)15(2)26-20(14)12-18-21(28-29-22(18)30)19-4-3-8-25-27-19/h3-6,8-10,12,24,26H,7,11,13H2,1-2H3,(H,29,30). The second-order valence-electron chi connectivity index (χ2n) is 7.12. The van der Waals surface area contributed by atoms with E-state index in [1.54, 1.807) is 30.7 Å². The lowest BCUT2D eigenvalue weighted by Crippen LogP contribution is -2.17. The maximum Gasteiger partial charge on any atom is 0.273 e. The van der Waals surface area contributed by atoms with E-state index in [4.69, 9.17) is 0 Å². The zero-order chi connectivity index (χ0) is 20.9. The van der Waals surface area contributed by atoms with Crippen molar-refractivity contribution < 1.29 is 4.79 Å². The molecule has 0 radical (unpaired) electrons. The highest BCUT2D eigenvalue weighted by Gasteiger charge is 2.26. The van der Waals surface area contributed by atoms with Crippen molar-refractivity contribution in [2.45, 2.75) is 26.8 Å². The van der Waals surface area contributed by atoms with E-state index in [1.165, 1.54) is 11.1 Å². The summed E-state index contributed by atoms with van der Waals surface area (Å²) in [5.74, 6) is -0.247. The van der Waals surface area contributed by atoms with Gasteiger partial charge in [0.15, 0.2) is 0 Å². The molecule has 8 nitrogen and oxygen atoms in total. The van der Waals surface area contributed by atoms with Gasteiger partial charge in [0.1, 0.15) is 11.4 Å². The summed E-state index contributed by atoms with van der Waals surface area (Å²) in [6.45, 7) is 5.78. The Balaban J connectivity index is 1.49. The Bertz CT molecular complexity index is 1100. The van der Waals surface area contributed by atoms with Crippen LogP contribution in [0.15, 0.2) is 53.5 Å². The first-order chi connectivity index (χ1) is 14.6. The van der Waals surface area contributed by atoms with Crippen molar-refractivity contribution >= 4 is 17.7 Å². The Hall–Kier alpha value is -3.65. The number of aromatic nitrogens is 4. The van der Waals surface area contributed by atoms with E-state index in [-0.39, 0.29) is 5.91 Å². The average Bonchev–Trinajstić information content (AvgIpc) is 3.26. The van der Waals surface area contributed by atoms with Gasteiger partial charge in [-0.25, -0.2) is 5.43 Å². The van der Waals surface area contributed by atoms with Gasteiger partial charge in [-0.15, -0.1) is 5.10 Å². The lowest BCUT2D eigenvalue weighted by molar-refractivity contribution is -0.116. The van der Waals surface area contributed by atoms with Gasteiger partial charge < -0.3 is 10.3 Å². The number of carbonyl (C=O) groups is 1. The van der Waals surface area contributed by atoms with E-state index in [2.05, 4.69) is 49.9 Å². The molecule has 1 aliphatic rings. The molecule has 0 saturated heterocycles. The highest BCUT2D eigenvalue weighted by molar-refractivity contribution is 6.32. The molecule has 0 unspecified atom stereocenters. The number of pyridine rings is 1. The molecule has 4 rings (SSSR count). The molecule has 3 aromatic rings. The topological polar surface area (TPSA) is 108 Å². The minimum atomic E-state index is -0.247. The molecule has 8 heteroatoms. The van der Waals surface area contributed by atoms with Gasteiger partial charge in [0.2, 0.25) is 0 Å². The minimum Gasteiger partial charge on any atom is -0.359 e. The molecule has 1 amide bonds. The second-order valence-corrected chi connectivity index (χ2v) is 7.12. The number of nitrogens with one attached hydrogen (secondary N) is 3. The number of carbonyl (C=O) groups excluding carboxylic acids is 1. The molecular weight excluding hydrogens is 378 g/mol. The van der Waals surface area contributed by atoms with Gasteiger partial charge in [0, 0.05) is 36.5 Å². The Morgan fingerprint density at radius 1 is 1.13 bits per heavy atom. The lowest BCUT2D eigenvalue weighted by atomic mass is 10.0. The van der Waals surface area contributed by atoms with Crippen LogP contribution < -0.4 is 10.7 Å². The zero-order valence-corrected chi connectivity index (χ0v) is 16.9. The van der Waals surface area contributed by atoms with E-state index < -0.39 is 0 Å². The summed E-state index contributed by atoms with van der Waals surface area (Å²) in [5, 5.41) is 15.5. The van der Waals surface area contributed by atoms with Crippen LogP contribution in [0.2, 0.25) is 0 Å². The minimum absolute atomic E-state index is 0.247. The summed E-state index contributed by atoms with van der Waals surface area (Å²) in [4.78, 5) is 19.8. The largest absolute Gasteiger partial charge is 0.359 e. The fourth-order valence-electron chi connectivity index (χ4n) is 3.52. The number of hydrogen-bond acceptors (Lipinski definition) is 6. The molecule has 0 aliphatic carbocycles. The second kappa shape index (κ2) is 8.79. The number of hydrazone groups is 1. The van der Waals surface area contributed by atoms with Crippen molar-refractivity contribution in [3.63, 3.8) is 0 Å². The third kappa shape index (κ3) is 4.18. The van der Waals surface area contributed by atoms with Gasteiger partial charge in [-0.1, -0.05) is 0 Å². The van der Waals surface area contributed by atoms with Crippen molar-refractivity contribution in [3.8, 4) is 0 Å². The molecule has 3 N–H and O–H groups in total. The van der Waals surface area contributed by atoms with Crippen molar-refractivity contribution in [2.75, 3.05) is 6.54 Å². The van der Waals surface area contributed by atoms with Crippen LogP contribution in [0.4, 0.5) is 0 Å². The number of nitrogens with zero attached hydrogens (tertiary/aromatic N) is 4. The molecule has 152 valence electrons. The monoisotopic (exact) mass is 401 g/mol. The van der Waals surface area contributed by atoms with Crippen LogP contribution in [0, 0.1) is 13.8 Å². The Morgan fingerprint density at radius 3 is 2.73 bits per heavy atom. The molecule has 30 heavy (non-hydrogen) atoms. The number of aromatic amines is 1. The first-order valence-electron chi connectivity index (χ1n) is 9.79. The quantitative estimate of drug-likeness (QED) is 0.415. The van der Waals surface area contributed by atoms with Crippen LogP contribution in [0.5, 0.6) is 0 Å². The third-order valence-electron chi connectivity index (χ3n) is 5.13. The summed E-state index contributed by atoms with van der Waals surface area (Å²) in [7, 11) is 0. The van der Waals surface area contributed by atoms with Crippen LogP contribution in [-0.4, -0.2) is 38.3 Å². The number of hydrogen-bond donors (Lipinski definition) is 3. The molecule has 1 aliphatic heterocycles. The van der Waals surface area contributed by atoms with Gasteiger partial charge in [0.05, 0.1) is 5.57 Å². The zero-order valence-electron chi connectivity index (χ0n) is 16.9. The van der Waals surface area contributed by atoms with Gasteiger partial charge in [-0.3, -0.25) is 9.78 Å². The van der Waals surface area contributed by atoms with Gasteiger partial charge in [-0.2, -0.15) is 10.2 Å². The molecule has 3 aromatic heterocycles. The molecule has 0 saturated carbocycles. The number of H-pyrrole nitrogens is 1. The number of amides is 1. The maximum absolute atomic E-state index is 12.3. The molecule has 0 aromatic carbocycles. The molecule has 0 fully saturated rings. The van der Waals surface area contributed by atoms with Crippen LogP contribution >= 0.6 is 0 Å². The molecule has 4 heterocycles. The maximum atomic E-state index is 12.3. The third-order valence-corrected chi connectivity index (χ3v) is 5.13.